The Labute approximate surface area is 255 Å². The average molecular weight is 594 g/mol. The number of hydrogen-bond donors (Lipinski definition) is 4. The molecule has 0 saturated carbocycles. The van der Waals surface area contributed by atoms with Crippen LogP contribution in [0.15, 0.2) is 60.7 Å². The predicted octanol–water partition coefficient (Wildman–Crippen LogP) is 2.08. The van der Waals surface area contributed by atoms with Crippen molar-refractivity contribution in [2.24, 2.45) is 5.92 Å². The molecule has 2 aromatic carbocycles. The van der Waals surface area contributed by atoms with Crippen molar-refractivity contribution in [2.75, 3.05) is 39.8 Å². The second kappa shape index (κ2) is 17.4. The lowest BCUT2D eigenvalue weighted by atomic mass is 10.00. The van der Waals surface area contributed by atoms with Crippen LogP contribution in [-0.2, 0) is 32.0 Å². The van der Waals surface area contributed by atoms with Crippen molar-refractivity contribution in [2.45, 2.75) is 64.1 Å². The number of carbonyl (C=O) groups excluding carboxylic acids is 3. The quantitative estimate of drug-likeness (QED) is 0.234. The highest BCUT2D eigenvalue weighted by molar-refractivity contribution is 5.93. The fourth-order valence-electron chi connectivity index (χ4n) is 5.12. The minimum absolute atomic E-state index is 0.0504. The van der Waals surface area contributed by atoms with E-state index in [-0.39, 0.29) is 24.7 Å². The summed E-state index contributed by atoms with van der Waals surface area (Å²) in [6.45, 7) is 8.18. The molecular weight excluding hydrogens is 546 g/mol. The van der Waals surface area contributed by atoms with Crippen molar-refractivity contribution in [1.82, 2.24) is 25.8 Å². The van der Waals surface area contributed by atoms with E-state index in [0.29, 0.717) is 25.8 Å². The molecule has 0 aliphatic carbocycles. The molecule has 0 bridgehead atoms. The summed E-state index contributed by atoms with van der Waals surface area (Å²) in [7, 11) is 2.08. The van der Waals surface area contributed by atoms with Crippen molar-refractivity contribution in [1.29, 1.82) is 0 Å². The van der Waals surface area contributed by atoms with Gasteiger partial charge in [0.05, 0.1) is 0 Å². The van der Waals surface area contributed by atoms with Crippen LogP contribution in [-0.4, -0.2) is 96.5 Å². The number of piperazine rings is 1. The van der Waals surface area contributed by atoms with Gasteiger partial charge >= 0.3 is 5.97 Å². The maximum Gasteiger partial charge on any atom is 0.326 e. The molecule has 0 unspecified atom stereocenters. The van der Waals surface area contributed by atoms with Crippen LogP contribution in [0, 0.1) is 5.92 Å². The lowest BCUT2D eigenvalue weighted by Crippen LogP contribution is -2.56. The average Bonchev–Trinajstić information content (AvgIpc) is 2.99. The van der Waals surface area contributed by atoms with Crippen LogP contribution in [0.2, 0.25) is 0 Å². The van der Waals surface area contributed by atoms with E-state index in [0.717, 1.165) is 37.3 Å². The Morgan fingerprint density at radius 2 is 1.33 bits per heavy atom. The van der Waals surface area contributed by atoms with Gasteiger partial charge < -0.3 is 30.9 Å². The summed E-state index contributed by atoms with van der Waals surface area (Å²) >= 11 is 0. The summed E-state index contributed by atoms with van der Waals surface area (Å²) < 4.78 is 0. The number of aryl methyl sites for hydroxylation is 1. The summed E-state index contributed by atoms with van der Waals surface area (Å²) in [6, 6.07) is 15.8. The number of carbonyl (C=O) groups is 4. The lowest BCUT2D eigenvalue weighted by Gasteiger charge is -2.32. The van der Waals surface area contributed by atoms with E-state index >= 15 is 0 Å². The first kappa shape index (κ1) is 33.7. The van der Waals surface area contributed by atoms with E-state index < -0.39 is 35.9 Å². The van der Waals surface area contributed by atoms with Gasteiger partial charge in [-0.1, -0.05) is 74.5 Å². The van der Waals surface area contributed by atoms with E-state index in [9.17, 15) is 24.3 Å². The van der Waals surface area contributed by atoms with E-state index in [1.54, 1.807) is 12.1 Å². The van der Waals surface area contributed by atoms with Crippen LogP contribution in [0.1, 0.15) is 44.2 Å². The van der Waals surface area contributed by atoms with Crippen molar-refractivity contribution in [3.05, 3.63) is 71.8 Å². The Bertz CT molecular complexity index is 1170. The standard InChI is InChI=1S/C33H47N5O5/c1-24(2)22-28(32(41)36-29(33(42)43)23-26-12-8-5-9-13-26)35-31(40)27(15-14-25-10-6-4-7-11-25)34-30(39)16-17-38-20-18-37(3)19-21-38/h4-13,24,27-29H,14-23H2,1-3H3,(H,34,39)(H,35,40)(H,36,41)(H,42,43)/t27-,28-,29-/m0/s1. The van der Waals surface area contributed by atoms with Crippen LogP contribution in [0.4, 0.5) is 0 Å². The van der Waals surface area contributed by atoms with Crippen LogP contribution in [0.5, 0.6) is 0 Å². The molecule has 3 rings (SSSR count). The van der Waals surface area contributed by atoms with Gasteiger partial charge in [0, 0.05) is 45.6 Å². The van der Waals surface area contributed by atoms with Gasteiger partial charge in [0.1, 0.15) is 18.1 Å². The van der Waals surface area contributed by atoms with Gasteiger partial charge in [0.2, 0.25) is 17.7 Å². The van der Waals surface area contributed by atoms with E-state index in [4.69, 9.17) is 0 Å². The number of aliphatic carboxylic acids is 1. The largest absolute Gasteiger partial charge is 0.480 e. The van der Waals surface area contributed by atoms with Crippen molar-refractivity contribution < 1.29 is 24.3 Å². The highest BCUT2D eigenvalue weighted by Gasteiger charge is 2.30. The normalized spacial score (nSPS) is 16.2. The smallest absolute Gasteiger partial charge is 0.326 e. The third kappa shape index (κ3) is 12.2. The topological polar surface area (TPSA) is 131 Å². The maximum absolute atomic E-state index is 13.6. The molecule has 2 aromatic rings. The monoisotopic (exact) mass is 593 g/mol. The fraction of sp³-hybridized carbons (Fsp3) is 0.515. The number of rotatable bonds is 16. The number of likely N-dealkylation sites (N-methyl/N-ethyl adjacent to an activating group) is 1. The zero-order valence-electron chi connectivity index (χ0n) is 25.6. The number of nitrogens with one attached hydrogen (secondary N) is 3. The molecule has 1 aliphatic heterocycles. The summed E-state index contributed by atoms with van der Waals surface area (Å²) in [6.07, 6.45) is 1.63. The SMILES string of the molecule is CC(C)C[C@H](NC(=O)[C@H](CCc1ccccc1)NC(=O)CCN1CCN(C)CC1)C(=O)N[C@@H](Cc1ccccc1)C(=O)O. The molecule has 0 radical (unpaired) electrons. The summed E-state index contributed by atoms with van der Waals surface area (Å²) in [5, 5.41) is 18.2. The van der Waals surface area contributed by atoms with Gasteiger partial charge in [0.15, 0.2) is 0 Å². The van der Waals surface area contributed by atoms with Crippen molar-refractivity contribution in [3.63, 3.8) is 0 Å². The molecule has 43 heavy (non-hydrogen) atoms. The molecule has 10 heteroatoms. The number of carboxylic acids is 1. The Hall–Kier alpha value is -3.76. The molecule has 1 heterocycles. The second-order valence-corrected chi connectivity index (χ2v) is 11.8. The van der Waals surface area contributed by atoms with Crippen LogP contribution < -0.4 is 16.0 Å². The van der Waals surface area contributed by atoms with Gasteiger partial charge in [0.25, 0.3) is 0 Å². The molecule has 1 fully saturated rings. The maximum atomic E-state index is 13.6. The number of amides is 3. The molecule has 234 valence electrons. The second-order valence-electron chi connectivity index (χ2n) is 11.8. The minimum Gasteiger partial charge on any atom is -0.480 e. The van der Waals surface area contributed by atoms with Gasteiger partial charge in [-0.05, 0) is 43.4 Å². The van der Waals surface area contributed by atoms with Crippen LogP contribution in [0.25, 0.3) is 0 Å². The Morgan fingerprint density at radius 1 is 0.767 bits per heavy atom. The molecular formula is C33H47N5O5. The Kier molecular flexibility index (Phi) is 13.6. The van der Waals surface area contributed by atoms with Crippen molar-refractivity contribution >= 4 is 23.7 Å². The Morgan fingerprint density at radius 3 is 1.91 bits per heavy atom. The molecule has 4 N–H and O–H groups in total. The third-order valence-electron chi connectivity index (χ3n) is 7.70. The van der Waals surface area contributed by atoms with Crippen LogP contribution in [0.3, 0.4) is 0 Å². The van der Waals surface area contributed by atoms with Gasteiger partial charge in [-0.3, -0.25) is 14.4 Å². The zero-order chi connectivity index (χ0) is 31.2. The fourth-order valence-corrected chi connectivity index (χ4v) is 5.12. The summed E-state index contributed by atoms with van der Waals surface area (Å²) in [5.74, 6) is -2.34. The third-order valence-corrected chi connectivity index (χ3v) is 7.70. The highest BCUT2D eigenvalue weighted by atomic mass is 16.4. The molecule has 3 amide bonds. The molecule has 10 nitrogen and oxygen atoms in total. The van der Waals surface area contributed by atoms with Gasteiger partial charge in [-0.15, -0.1) is 0 Å². The van der Waals surface area contributed by atoms with Gasteiger partial charge in [-0.2, -0.15) is 0 Å². The number of nitrogens with zero attached hydrogens (tertiary/aromatic N) is 2. The molecule has 1 saturated heterocycles. The first-order valence-corrected chi connectivity index (χ1v) is 15.2. The molecule has 1 aliphatic rings. The highest BCUT2D eigenvalue weighted by Crippen LogP contribution is 2.11. The molecule has 0 aromatic heterocycles. The summed E-state index contributed by atoms with van der Waals surface area (Å²) in [5.41, 5.74) is 1.81. The zero-order valence-corrected chi connectivity index (χ0v) is 25.6. The van der Waals surface area contributed by atoms with E-state index in [1.165, 1.54) is 0 Å². The number of carboxylic acid groups (broad SMARTS) is 1. The van der Waals surface area contributed by atoms with E-state index in [1.807, 2.05) is 62.4 Å². The lowest BCUT2D eigenvalue weighted by molar-refractivity contribution is -0.142. The first-order chi connectivity index (χ1) is 20.6. The first-order valence-electron chi connectivity index (χ1n) is 15.2. The summed E-state index contributed by atoms with van der Waals surface area (Å²) in [4.78, 5) is 56.5. The van der Waals surface area contributed by atoms with Crippen molar-refractivity contribution in [3.8, 4) is 0 Å². The number of hydrogen-bond acceptors (Lipinski definition) is 6. The van der Waals surface area contributed by atoms with Gasteiger partial charge in [-0.25, -0.2) is 4.79 Å². The predicted molar refractivity (Wildman–Crippen MR) is 166 cm³/mol. The minimum atomic E-state index is -1.15. The number of benzene rings is 2. The van der Waals surface area contributed by atoms with E-state index in [2.05, 4.69) is 32.8 Å². The molecule has 0 spiro atoms. The van der Waals surface area contributed by atoms with Crippen LogP contribution >= 0.6 is 0 Å². The Balaban J connectivity index is 1.67. The molecule has 3 atom stereocenters.